The molecule has 0 amide bonds. The summed E-state index contributed by atoms with van der Waals surface area (Å²) < 4.78 is 12.1. The minimum absolute atomic E-state index is 0.398. The van der Waals surface area contributed by atoms with Crippen LogP contribution >= 0.6 is 11.6 Å². The summed E-state index contributed by atoms with van der Waals surface area (Å²) in [5.74, 6) is 0.398. The second kappa shape index (κ2) is 5.29. The van der Waals surface area contributed by atoms with Crippen molar-refractivity contribution >= 4 is 28.1 Å². The highest BCUT2D eigenvalue weighted by Gasteiger charge is 2.08. The average molecular weight is 267 g/mol. The molecule has 88 valence electrons. The number of aromatic nitrogens is 1. The van der Waals surface area contributed by atoms with Crippen molar-refractivity contribution in [1.82, 2.24) is 4.98 Å². The standard InChI is InChI=1S/C12H11ClN2OS/c13-10-3-1-2-9(6-10)8-17(16)12-4-5-15-7-11(12)14/h1-7H,8,14H2. The van der Waals surface area contributed by atoms with Crippen molar-refractivity contribution in [3.8, 4) is 0 Å². The van der Waals surface area contributed by atoms with Gasteiger partial charge in [0.25, 0.3) is 0 Å². The fraction of sp³-hybridized carbons (Fsp3) is 0.0833. The quantitative estimate of drug-likeness (QED) is 0.929. The van der Waals surface area contributed by atoms with E-state index < -0.39 is 10.8 Å². The monoisotopic (exact) mass is 266 g/mol. The lowest BCUT2D eigenvalue weighted by molar-refractivity contribution is 0.683. The molecule has 1 atom stereocenters. The number of rotatable bonds is 3. The molecule has 2 aromatic rings. The molecule has 0 bridgehead atoms. The number of anilines is 1. The molecule has 2 rings (SSSR count). The normalized spacial score (nSPS) is 12.3. The highest BCUT2D eigenvalue weighted by Crippen LogP contribution is 2.19. The predicted molar refractivity (Wildman–Crippen MR) is 70.2 cm³/mol. The number of halogens is 1. The van der Waals surface area contributed by atoms with Crippen LogP contribution in [-0.2, 0) is 16.6 Å². The Morgan fingerprint density at radius 1 is 1.35 bits per heavy atom. The molecule has 0 fully saturated rings. The van der Waals surface area contributed by atoms with Gasteiger partial charge in [-0.15, -0.1) is 0 Å². The van der Waals surface area contributed by atoms with Gasteiger partial charge in [0.05, 0.1) is 33.3 Å². The Hall–Kier alpha value is -1.39. The van der Waals surface area contributed by atoms with Crippen molar-refractivity contribution in [2.45, 2.75) is 10.6 Å². The first-order valence-corrected chi connectivity index (χ1v) is 6.69. The van der Waals surface area contributed by atoms with Gasteiger partial charge in [0.15, 0.2) is 0 Å². The summed E-state index contributed by atoms with van der Waals surface area (Å²) >= 11 is 5.87. The zero-order valence-electron chi connectivity index (χ0n) is 8.97. The lowest BCUT2D eigenvalue weighted by Gasteiger charge is -2.05. The van der Waals surface area contributed by atoms with Crippen LogP contribution < -0.4 is 5.73 Å². The van der Waals surface area contributed by atoms with E-state index in [1.54, 1.807) is 24.4 Å². The van der Waals surface area contributed by atoms with E-state index in [0.29, 0.717) is 21.4 Å². The Bertz CT molecular complexity index is 560. The van der Waals surface area contributed by atoms with Crippen LogP contribution in [0.1, 0.15) is 5.56 Å². The van der Waals surface area contributed by atoms with E-state index in [0.717, 1.165) is 5.56 Å². The first-order valence-electron chi connectivity index (χ1n) is 4.99. The van der Waals surface area contributed by atoms with Crippen molar-refractivity contribution in [2.24, 2.45) is 0 Å². The molecular weight excluding hydrogens is 256 g/mol. The average Bonchev–Trinajstić information content (AvgIpc) is 2.29. The number of nitrogens with zero attached hydrogens (tertiary/aromatic N) is 1. The zero-order chi connectivity index (χ0) is 12.3. The van der Waals surface area contributed by atoms with Crippen LogP contribution in [0.5, 0.6) is 0 Å². The number of hydrogen-bond donors (Lipinski definition) is 1. The van der Waals surface area contributed by atoms with E-state index in [2.05, 4.69) is 4.98 Å². The maximum absolute atomic E-state index is 12.1. The molecule has 1 unspecified atom stereocenters. The summed E-state index contributed by atoms with van der Waals surface area (Å²) in [6.07, 6.45) is 3.09. The van der Waals surface area contributed by atoms with Crippen molar-refractivity contribution in [3.63, 3.8) is 0 Å². The molecule has 0 aliphatic rings. The van der Waals surface area contributed by atoms with Gasteiger partial charge in [-0.3, -0.25) is 9.19 Å². The summed E-state index contributed by atoms with van der Waals surface area (Å²) in [7, 11) is -1.18. The smallest absolute Gasteiger partial charge is 0.0664 e. The van der Waals surface area contributed by atoms with Gasteiger partial charge in [0, 0.05) is 11.2 Å². The van der Waals surface area contributed by atoms with E-state index in [1.165, 1.54) is 6.20 Å². The van der Waals surface area contributed by atoms with Crippen LogP contribution in [0.2, 0.25) is 5.02 Å². The third-order valence-corrected chi connectivity index (χ3v) is 3.94. The Morgan fingerprint density at radius 2 is 2.18 bits per heavy atom. The largest absolute Gasteiger partial charge is 0.396 e. The molecule has 1 aromatic heterocycles. The minimum Gasteiger partial charge on any atom is -0.396 e. The lowest BCUT2D eigenvalue weighted by Crippen LogP contribution is -2.01. The number of hydrogen-bond acceptors (Lipinski definition) is 3. The van der Waals surface area contributed by atoms with Gasteiger partial charge in [-0.2, -0.15) is 0 Å². The van der Waals surface area contributed by atoms with Crippen molar-refractivity contribution in [1.29, 1.82) is 0 Å². The van der Waals surface area contributed by atoms with E-state index in [9.17, 15) is 4.21 Å². The second-order valence-corrected chi connectivity index (χ2v) is 5.39. The van der Waals surface area contributed by atoms with Crippen LogP contribution in [0.4, 0.5) is 5.69 Å². The molecular formula is C12H11ClN2OS. The van der Waals surface area contributed by atoms with Gasteiger partial charge in [-0.25, -0.2) is 0 Å². The molecule has 17 heavy (non-hydrogen) atoms. The number of nitrogens with two attached hydrogens (primary N) is 1. The molecule has 5 heteroatoms. The number of pyridine rings is 1. The van der Waals surface area contributed by atoms with E-state index in [1.807, 2.05) is 12.1 Å². The van der Waals surface area contributed by atoms with Crippen molar-refractivity contribution in [2.75, 3.05) is 5.73 Å². The Morgan fingerprint density at radius 3 is 2.88 bits per heavy atom. The van der Waals surface area contributed by atoms with Crippen LogP contribution in [0.3, 0.4) is 0 Å². The molecule has 3 nitrogen and oxygen atoms in total. The van der Waals surface area contributed by atoms with E-state index in [4.69, 9.17) is 17.3 Å². The van der Waals surface area contributed by atoms with Crippen LogP contribution in [0.25, 0.3) is 0 Å². The minimum atomic E-state index is -1.18. The van der Waals surface area contributed by atoms with Crippen LogP contribution in [-0.4, -0.2) is 9.19 Å². The zero-order valence-corrected chi connectivity index (χ0v) is 10.5. The summed E-state index contributed by atoms with van der Waals surface area (Å²) in [6, 6.07) is 8.99. The molecule has 0 spiro atoms. The Labute approximate surface area is 107 Å². The molecule has 0 saturated heterocycles. The summed E-state index contributed by atoms with van der Waals surface area (Å²) in [5, 5.41) is 0.641. The molecule has 2 N–H and O–H groups in total. The molecule has 1 heterocycles. The molecule has 0 saturated carbocycles. The van der Waals surface area contributed by atoms with Gasteiger partial charge < -0.3 is 5.73 Å². The topological polar surface area (TPSA) is 56.0 Å². The van der Waals surface area contributed by atoms with E-state index in [-0.39, 0.29) is 0 Å². The number of benzene rings is 1. The maximum atomic E-state index is 12.1. The van der Waals surface area contributed by atoms with Gasteiger partial charge in [0.2, 0.25) is 0 Å². The highest BCUT2D eigenvalue weighted by atomic mass is 35.5. The summed E-state index contributed by atoms with van der Waals surface area (Å²) in [5.41, 5.74) is 7.10. The van der Waals surface area contributed by atoms with Crippen LogP contribution in [0.15, 0.2) is 47.6 Å². The predicted octanol–water partition coefficient (Wildman–Crippen LogP) is 2.63. The van der Waals surface area contributed by atoms with E-state index >= 15 is 0 Å². The van der Waals surface area contributed by atoms with Gasteiger partial charge >= 0.3 is 0 Å². The van der Waals surface area contributed by atoms with Crippen molar-refractivity contribution in [3.05, 3.63) is 53.3 Å². The summed E-state index contributed by atoms with van der Waals surface area (Å²) in [4.78, 5) is 4.48. The maximum Gasteiger partial charge on any atom is 0.0664 e. The first-order chi connectivity index (χ1) is 8.16. The molecule has 0 aliphatic carbocycles. The van der Waals surface area contributed by atoms with Crippen molar-refractivity contribution < 1.29 is 4.21 Å². The fourth-order valence-corrected chi connectivity index (χ4v) is 2.84. The van der Waals surface area contributed by atoms with Gasteiger partial charge in [0.1, 0.15) is 0 Å². The molecule has 0 radical (unpaired) electrons. The van der Waals surface area contributed by atoms with Gasteiger partial charge in [-0.1, -0.05) is 23.7 Å². The lowest BCUT2D eigenvalue weighted by atomic mass is 10.2. The summed E-state index contributed by atoms with van der Waals surface area (Å²) in [6.45, 7) is 0. The molecule has 0 aliphatic heterocycles. The Balaban J connectivity index is 2.20. The fourth-order valence-electron chi connectivity index (χ4n) is 1.46. The third-order valence-electron chi connectivity index (χ3n) is 2.24. The first kappa shape index (κ1) is 12.1. The second-order valence-electron chi connectivity index (χ2n) is 3.53. The highest BCUT2D eigenvalue weighted by molar-refractivity contribution is 7.84. The molecule has 1 aromatic carbocycles. The third kappa shape index (κ3) is 3.05. The SMILES string of the molecule is Nc1cnccc1S(=O)Cc1cccc(Cl)c1. The van der Waals surface area contributed by atoms with Crippen LogP contribution in [0, 0.1) is 0 Å². The van der Waals surface area contributed by atoms with Gasteiger partial charge in [-0.05, 0) is 23.8 Å². The Kier molecular flexibility index (Phi) is 3.76. The number of nitrogen functional groups attached to an aromatic ring is 1.